The minimum atomic E-state index is -5.15. The standard InChI is InChI=1S/C18H21F3O5/c1-11(22)26-13-7-5-6-12(10-13)14-8-3-4-9-15(14)17(25-2,16(23)24)18(19,20)21/h3-4,8-9,12-13H,5-7,10H2,1-2H3,(H,23,24)/t12-,13+,17+/m0/s1. The van der Waals surface area contributed by atoms with Gasteiger partial charge in [-0.2, -0.15) is 13.2 Å². The molecule has 0 aliphatic heterocycles. The van der Waals surface area contributed by atoms with Gasteiger partial charge in [0.05, 0.1) is 0 Å². The van der Waals surface area contributed by atoms with Crippen molar-refractivity contribution in [3.8, 4) is 0 Å². The molecule has 2 rings (SSSR count). The van der Waals surface area contributed by atoms with Crippen LogP contribution in [0.1, 0.15) is 49.7 Å². The van der Waals surface area contributed by atoms with Crippen LogP contribution < -0.4 is 0 Å². The number of methoxy groups -OCH3 is 1. The zero-order chi connectivity index (χ0) is 19.5. The second-order valence-electron chi connectivity index (χ2n) is 6.37. The summed E-state index contributed by atoms with van der Waals surface area (Å²) in [4.78, 5) is 22.8. The highest BCUT2D eigenvalue weighted by molar-refractivity contribution is 5.81. The number of carboxylic acid groups (broad SMARTS) is 1. The highest BCUT2D eigenvalue weighted by atomic mass is 19.4. The van der Waals surface area contributed by atoms with Crippen molar-refractivity contribution < 1.29 is 37.3 Å². The molecular formula is C18H21F3O5. The van der Waals surface area contributed by atoms with Gasteiger partial charge in [0.25, 0.3) is 5.60 Å². The van der Waals surface area contributed by atoms with Gasteiger partial charge in [-0.1, -0.05) is 24.3 Å². The summed E-state index contributed by atoms with van der Waals surface area (Å²) < 4.78 is 51.0. The van der Waals surface area contributed by atoms with E-state index in [1.54, 1.807) is 6.07 Å². The number of hydrogen-bond acceptors (Lipinski definition) is 4. The lowest BCUT2D eigenvalue weighted by atomic mass is 9.77. The third kappa shape index (κ3) is 3.70. The number of halogens is 3. The van der Waals surface area contributed by atoms with Crippen molar-refractivity contribution in [1.82, 2.24) is 0 Å². The molecule has 1 N–H and O–H groups in total. The predicted octanol–water partition coefficient (Wildman–Crippen LogP) is 3.76. The number of hydrogen-bond donors (Lipinski definition) is 1. The van der Waals surface area contributed by atoms with Crippen LogP contribution in [0.3, 0.4) is 0 Å². The maximum atomic E-state index is 13.7. The van der Waals surface area contributed by atoms with Crippen LogP contribution in [-0.2, 0) is 24.7 Å². The van der Waals surface area contributed by atoms with Crippen LogP contribution in [-0.4, -0.2) is 36.4 Å². The van der Waals surface area contributed by atoms with Gasteiger partial charge in [0.2, 0.25) is 0 Å². The first-order valence-corrected chi connectivity index (χ1v) is 8.25. The van der Waals surface area contributed by atoms with Gasteiger partial charge in [0, 0.05) is 19.6 Å². The van der Waals surface area contributed by atoms with Crippen LogP contribution in [0.5, 0.6) is 0 Å². The minimum absolute atomic E-state index is 0.255. The second kappa shape index (κ2) is 7.65. The molecule has 1 saturated carbocycles. The van der Waals surface area contributed by atoms with Gasteiger partial charge in [-0.15, -0.1) is 0 Å². The van der Waals surface area contributed by atoms with E-state index >= 15 is 0 Å². The minimum Gasteiger partial charge on any atom is -0.479 e. The van der Waals surface area contributed by atoms with Crippen LogP contribution in [0.4, 0.5) is 13.2 Å². The van der Waals surface area contributed by atoms with Crippen molar-refractivity contribution >= 4 is 11.9 Å². The first-order valence-electron chi connectivity index (χ1n) is 8.25. The molecule has 1 aliphatic carbocycles. The molecule has 1 aliphatic rings. The molecule has 0 spiro atoms. The lowest BCUT2D eigenvalue weighted by Gasteiger charge is -2.35. The Balaban J connectivity index is 2.50. The van der Waals surface area contributed by atoms with E-state index in [0.717, 1.165) is 13.2 Å². The van der Waals surface area contributed by atoms with Crippen molar-refractivity contribution in [3.63, 3.8) is 0 Å². The summed E-state index contributed by atoms with van der Waals surface area (Å²) in [6.45, 7) is 1.28. The molecule has 1 aromatic rings. The Labute approximate surface area is 149 Å². The zero-order valence-electron chi connectivity index (χ0n) is 14.5. The highest BCUT2D eigenvalue weighted by Crippen LogP contribution is 2.47. The first kappa shape index (κ1) is 20.2. The van der Waals surface area contributed by atoms with Crippen LogP contribution in [0.25, 0.3) is 0 Å². The van der Waals surface area contributed by atoms with Gasteiger partial charge in [0.15, 0.2) is 0 Å². The molecule has 144 valence electrons. The van der Waals surface area contributed by atoms with Crippen molar-refractivity contribution in [3.05, 3.63) is 35.4 Å². The molecule has 0 bridgehead atoms. The zero-order valence-corrected chi connectivity index (χ0v) is 14.5. The van der Waals surface area contributed by atoms with E-state index in [9.17, 15) is 27.9 Å². The first-order chi connectivity index (χ1) is 12.1. The monoisotopic (exact) mass is 374 g/mol. The van der Waals surface area contributed by atoms with Crippen LogP contribution in [0.2, 0.25) is 0 Å². The fraction of sp³-hybridized carbons (Fsp3) is 0.556. The summed E-state index contributed by atoms with van der Waals surface area (Å²) in [6.07, 6.45) is -3.33. The number of rotatable bonds is 5. The average molecular weight is 374 g/mol. The number of carbonyl (C=O) groups is 2. The summed E-state index contributed by atoms with van der Waals surface area (Å²) >= 11 is 0. The third-order valence-corrected chi connectivity index (χ3v) is 4.75. The fourth-order valence-electron chi connectivity index (χ4n) is 3.64. The second-order valence-corrected chi connectivity index (χ2v) is 6.37. The quantitative estimate of drug-likeness (QED) is 0.795. The van der Waals surface area contributed by atoms with Gasteiger partial charge in [-0.25, -0.2) is 4.79 Å². The van der Waals surface area contributed by atoms with Gasteiger partial charge in [-0.05, 0) is 37.2 Å². The summed E-state index contributed by atoms with van der Waals surface area (Å²) in [5.74, 6) is -2.93. The average Bonchev–Trinajstić information content (AvgIpc) is 2.54. The van der Waals surface area contributed by atoms with E-state index in [1.165, 1.54) is 19.1 Å². The lowest BCUT2D eigenvalue weighted by molar-refractivity contribution is -0.274. The Bertz CT molecular complexity index is 673. The fourth-order valence-corrected chi connectivity index (χ4v) is 3.64. The molecule has 1 aromatic carbocycles. The predicted molar refractivity (Wildman–Crippen MR) is 85.6 cm³/mol. The number of aliphatic carboxylic acids is 1. The summed E-state index contributed by atoms with van der Waals surface area (Å²) in [6, 6.07) is 5.54. The van der Waals surface area contributed by atoms with Gasteiger partial charge >= 0.3 is 18.1 Å². The van der Waals surface area contributed by atoms with Crippen molar-refractivity contribution in [2.45, 2.75) is 56.4 Å². The Hall–Kier alpha value is -2.09. The molecule has 5 nitrogen and oxygen atoms in total. The maximum Gasteiger partial charge on any atom is 0.432 e. The van der Waals surface area contributed by atoms with Crippen LogP contribution in [0.15, 0.2) is 24.3 Å². The molecule has 0 heterocycles. The summed E-state index contributed by atoms with van der Waals surface area (Å²) in [5.41, 5.74) is -3.63. The summed E-state index contributed by atoms with van der Waals surface area (Å²) in [7, 11) is 0.737. The van der Waals surface area contributed by atoms with Crippen molar-refractivity contribution in [1.29, 1.82) is 0 Å². The van der Waals surface area contributed by atoms with Gasteiger partial charge in [0.1, 0.15) is 6.10 Å². The number of ether oxygens (including phenoxy) is 2. The molecule has 8 heteroatoms. The Morgan fingerprint density at radius 3 is 2.38 bits per heavy atom. The highest BCUT2D eigenvalue weighted by Gasteiger charge is 2.64. The van der Waals surface area contributed by atoms with Crippen LogP contribution >= 0.6 is 0 Å². The Morgan fingerprint density at radius 1 is 1.19 bits per heavy atom. The van der Waals surface area contributed by atoms with Gasteiger partial charge < -0.3 is 14.6 Å². The van der Waals surface area contributed by atoms with Crippen LogP contribution in [0, 0.1) is 0 Å². The molecule has 0 unspecified atom stereocenters. The molecular weight excluding hydrogens is 353 g/mol. The molecule has 26 heavy (non-hydrogen) atoms. The molecule has 1 fully saturated rings. The van der Waals surface area contributed by atoms with Gasteiger partial charge in [-0.3, -0.25) is 4.79 Å². The van der Waals surface area contributed by atoms with E-state index in [-0.39, 0.29) is 11.5 Å². The van der Waals surface area contributed by atoms with Crippen molar-refractivity contribution in [2.24, 2.45) is 0 Å². The number of alkyl halides is 3. The van der Waals surface area contributed by atoms with E-state index in [1.807, 2.05) is 0 Å². The molecule has 0 aromatic heterocycles. The number of benzene rings is 1. The molecule has 0 saturated heterocycles. The Morgan fingerprint density at radius 2 is 1.85 bits per heavy atom. The smallest absolute Gasteiger partial charge is 0.432 e. The lowest BCUT2D eigenvalue weighted by Crippen LogP contribution is -2.51. The molecule has 3 atom stereocenters. The molecule has 0 radical (unpaired) electrons. The topological polar surface area (TPSA) is 72.8 Å². The molecule has 0 amide bonds. The van der Waals surface area contributed by atoms with E-state index < -0.39 is 35.4 Å². The largest absolute Gasteiger partial charge is 0.479 e. The van der Waals surface area contributed by atoms with E-state index in [2.05, 4.69) is 4.74 Å². The third-order valence-electron chi connectivity index (χ3n) is 4.75. The SMILES string of the molecule is CO[C@@](C(=O)O)(c1ccccc1[C@H]1CCC[C@@H](OC(C)=O)C1)C(F)(F)F. The maximum absolute atomic E-state index is 13.7. The van der Waals surface area contributed by atoms with E-state index in [0.29, 0.717) is 25.7 Å². The summed E-state index contributed by atoms with van der Waals surface area (Å²) in [5, 5.41) is 9.39. The number of carboxylic acids is 1. The normalized spacial score (nSPS) is 23.1. The number of esters is 1. The van der Waals surface area contributed by atoms with E-state index in [4.69, 9.17) is 4.74 Å². The van der Waals surface area contributed by atoms with Crippen molar-refractivity contribution in [2.75, 3.05) is 7.11 Å². The number of carbonyl (C=O) groups excluding carboxylic acids is 1. The Kier molecular flexibility index (Phi) is 5.95.